The number of methoxy groups -OCH3 is 1. The first-order chi connectivity index (χ1) is 10.2. The van der Waals surface area contributed by atoms with Gasteiger partial charge < -0.3 is 14.8 Å². The molecule has 0 aliphatic rings. The molecule has 21 heavy (non-hydrogen) atoms. The predicted octanol–water partition coefficient (Wildman–Crippen LogP) is 3.51. The summed E-state index contributed by atoms with van der Waals surface area (Å²) < 4.78 is 24.3. The van der Waals surface area contributed by atoms with Crippen LogP contribution in [0.3, 0.4) is 0 Å². The summed E-state index contributed by atoms with van der Waals surface area (Å²) in [6, 6.07) is 8.04. The molecule has 2 aromatic rings. The van der Waals surface area contributed by atoms with Crippen LogP contribution in [0.25, 0.3) is 0 Å². The van der Waals surface area contributed by atoms with E-state index in [1.807, 2.05) is 6.07 Å². The van der Waals surface area contributed by atoms with E-state index >= 15 is 0 Å². The summed E-state index contributed by atoms with van der Waals surface area (Å²) in [5, 5.41) is 3.23. The molecular formula is C15H16BrFN2O2. The molecule has 1 N–H and O–H groups in total. The fourth-order valence-electron chi connectivity index (χ4n) is 1.69. The molecule has 112 valence electrons. The molecule has 1 heterocycles. The molecule has 0 aliphatic carbocycles. The van der Waals surface area contributed by atoms with Crippen molar-refractivity contribution in [1.29, 1.82) is 0 Å². The van der Waals surface area contributed by atoms with Crippen LogP contribution in [0.1, 0.15) is 5.56 Å². The minimum Gasteiger partial charge on any atom is -0.439 e. The SMILES string of the molecule is COCCNCc1ccc(Oc2cc(F)cc(Br)c2)nc1. The van der Waals surface area contributed by atoms with E-state index in [2.05, 4.69) is 26.2 Å². The van der Waals surface area contributed by atoms with Crippen LogP contribution in [0, 0.1) is 5.82 Å². The summed E-state index contributed by atoms with van der Waals surface area (Å²) in [6.07, 6.45) is 1.73. The molecule has 1 aromatic heterocycles. The van der Waals surface area contributed by atoms with Gasteiger partial charge >= 0.3 is 0 Å². The van der Waals surface area contributed by atoms with Crippen molar-refractivity contribution in [2.45, 2.75) is 6.54 Å². The van der Waals surface area contributed by atoms with E-state index in [1.165, 1.54) is 12.1 Å². The highest BCUT2D eigenvalue weighted by atomic mass is 79.9. The van der Waals surface area contributed by atoms with E-state index in [0.29, 0.717) is 29.3 Å². The summed E-state index contributed by atoms with van der Waals surface area (Å²) >= 11 is 3.22. The van der Waals surface area contributed by atoms with Crippen molar-refractivity contribution in [2.24, 2.45) is 0 Å². The van der Waals surface area contributed by atoms with Crippen molar-refractivity contribution in [1.82, 2.24) is 10.3 Å². The van der Waals surface area contributed by atoms with Crippen LogP contribution in [0.5, 0.6) is 11.6 Å². The zero-order valence-corrected chi connectivity index (χ0v) is 13.2. The molecule has 0 aliphatic heterocycles. The van der Waals surface area contributed by atoms with E-state index in [9.17, 15) is 4.39 Å². The Labute approximate surface area is 131 Å². The van der Waals surface area contributed by atoms with E-state index in [0.717, 1.165) is 12.1 Å². The molecule has 0 saturated heterocycles. The van der Waals surface area contributed by atoms with Gasteiger partial charge in [-0.15, -0.1) is 0 Å². The van der Waals surface area contributed by atoms with Crippen molar-refractivity contribution >= 4 is 15.9 Å². The van der Waals surface area contributed by atoms with Gasteiger partial charge in [-0.05, 0) is 17.7 Å². The fourth-order valence-corrected chi connectivity index (χ4v) is 2.14. The molecular weight excluding hydrogens is 339 g/mol. The lowest BCUT2D eigenvalue weighted by atomic mass is 10.3. The van der Waals surface area contributed by atoms with Gasteiger partial charge in [0.1, 0.15) is 11.6 Å². The number of pyridine rings is 1. The van der Waals surface area contributed by atoms with Gasteiger partial charge in [-0.1, -0.05) is 22.0 Å². The molecule has 0 fully saturated rings. The Bertz CT molecular complexity index is 558. The normalized spacial score (nSPS) is 10.6. The maximum Gasteiger partial charge on any atom is 0.219 e. The standard InChI is InChI=1S/C15H16BrFN2O2/c1-20-5-4-18-9-11-2-3-15(19-10-11)21-14-7-12(16)6-13(17)8-14/h2-3,6-8,10,18H,4-5,9H2,1H3. The van der Waals surface area contributed by atoms with Gasteiger partial charge in [0.15, 0.2) is 0 Å². The number of nitrogens with zero attached hydrogens (tertiary/aromatic N) is 1. The first-order valence-electron chi connectivity index (χ1n) is 6.46. The lowest BCUT2D eigenvalue weighted by molar-refractivity contribution is 0.199. The van der Waals surface area contributed by atoms with Crippen molar-refractivity contribution in [3.05, 3.63) is 52.4 Å². The Morgan fingerprint density at radius 2 is 2.14 bits per heavy atom. The highest BCUT2D eigenvalue weighted by Crippen LogP contribution is 2.24. The molecule has 2 rings (SSSR count). The summed E-state index contributed by atoms with van der Waals surface area (Å²) in [4.78, 5) is 4.20. The first-order valence-corrected chi connectivity index (χ1v) is 7.25. The molecule has 0 radical (unpaired) electrons. The van der Waals surface area contributed by atoms with Gasteiger partial charge in [0.25, 0.3) is 0 Å². The second-order valence-corrected chi connectivity index (χ2v) is 5.30. The third-order valence-electron chi connectivity index (χ3n) is 2.67. The monoisotopic (exact) mass is 354 g/mol. The predicted molar refractivity (Wildman–Crippen MR) is 82.0 cm³/mol. The van der Waals surface area contributed by atoms with Gasteiger partial charge in [-0.25, -0.2) is 9.37 Å². The van der Waals surface area contributed by atoms with Gasteiger partial charge in [-0.2, -0.15) is 0 Å². The highest BCUT2D eigenvalue weighted by Gasteiger charge is 2.03. The topological polar surface area (TPSA) is 43.4 Å². The van der Waals surface area contributed by atoms with Crippen LogP contribution in [-0.2, 0) is 11.3 Å². The minimum absolute atomic E-state index is 0.363. The molecule has 0 spiro atoms. The number of hydrogen-bond donors (Lipinski definition) is 1. The molecule has 0 atom stereocenters. The zero-order valence-electron chi connectivity index (χ0n) is 11.6. The number of ether oxygens (including phenoxy) is 2. The lowest BCUT2D eigenvalue weighted by Gasteiger charge is -2.07. The summed E-state index contributed by atoms with van der Waals surface area (Å²) in [7, 11) is 1.67. The number of benzene rings is 1. The van der Waals surface area contributed by atoms with Crippen LogP contribution in [-0.4, -0.2) is 25.2 Å². The van der Waals surface area contributed by atoms with Crippen LogP contribution in [0.2, 0.25) is 0 Å². The molecule has 4 nitrogen and oxygen atoms in total. The minimum atomic E-state index is -0.363. The average Bonchev–Trinajstić information content (AvgIpc) is 2.44. The van der Waals surface area contributed by atoms with Crippen molar-refractivity contribution in [2.75, 3.05) is 20.3 Å². The Morgan fingerprint density at radius 3 is 2.81 bits per heavy atom. The molecule has 1 aromatic carbocycles. The van der Waals surface area contributed by atoms with Gasteiger partial charge in [-0.3, -0.25) is 0 Å². The third kappa shape index (κ3) is 5.41. The van der Waals surface area contributed by atoms with Crippen LogP contribution in [0.15, 0.2) is 41.0 Å². The molecule has 6 heteroatoms. The van der Waals surface area contributed by atoms with Gasteiger partial charge in [0, 0.05) is 43.0 Å². The Morgan fingerprint density at radius 1 is 1.29 bits per heavy atom. The zero-order chi connectivity index (χ0) is 15.1. The largest absolute Gasteiger partial charge is 0.439 e. The summed E-state index contributed by atoms with van der Waals surface area (Å²) in [5.74, 6) is 0.465. The second kappa shape index (κ2) is 8.07. The van der Waals surface area contributed by atoms with E-state index in [4.69, 9.17) is 9.47 Å². The Balaban J connectivity index is 1.92. The maximum atomic E-state index is 13.2. The quantitative estimate of drug-likeness (QED) is 0.772. The van der Waals surface area contributed by atoms with E-state index in [-0.39, 0.29) is 5.82 Å². The van der Waals surface area contributed by atoms with Crippen molar-refractivity contribution in [3.8, 4) is 11.6 Å². The summed E-state index contributed by atoms with van der Waals surface area (Å²) in [5.41, 5.74) is 1.04. The summed E-state index contributed by atoms with van der Waals surface area (Å²) in [6.45, 7) is 2.16. The van der Waals surface area contributed by atoms with Crippen molar-refractivity contribution < 1.29 is 13.9 Å². The maximum absolute atomic E-state index is 13.2. The first kappa shape index (κ1) is 15.9. The number of halogens is 2. The molecule has 0 amide bonds. The number of rotatable bonds is 7. The second-order valence-electron chi connectivity index (χ2n) is 4.38. The van der Waals surface area contributed by atoms with Gasteiger partial charge in [0.2, 0.25) is 5.88 Å². The smallest absolute Gasteiger partial charge is 0.219 e. The Hall–Kier alpha value is -1.50. The van der Waals surface area contributed by atoms with Crippen LogP contribution < -0.4 is 10.1 Å². The van der Waals surface area contributed by atoms with E-state index in [1.54, 1.807) is 25.4 Å². The van der Waals surface area contributed by atoms with Gasteiger partial charge in [0.05, 0.1) is 6.61 Å². The third-order valence-corrected chi connectivity index (χ3v) is 3.13. The number of nitrogens with one attached hydrogen (secondary N) is 1. The lowest BCUT2D eigenvalue weighted by Crippen LogP contribution is -2.18. The molecule has 0 saturated carbocycles. The number of hydrogen-bond acceptors (Lipinski definition) is 4. The van der Waals surface area contributed by atoms with E-state index < -0.39 is 0 Å². The Kier molecular flexibility index (Phi) is 6.10. The van der Waals surface area contributed by atoms with Crippen LogP contribution in [0.4, 0.5) is 4.39 Å². The highest BCUT2D eigenvalue weighted by molar-refractivity contribution is 9.10. The number of aromatic nitrogens is 1. The fraction of sp³-hybridized carbons (Fsp3) is 0.267. The molecule has 0 bridgehead atoms. The van der Waals surface area contributed by atoms with Crippen molar-refractivity contribution in [3.63, 3.8) is 0 Å². The van der Waals surface area contributed by atoms with Crippen LogP contribution >= 0.6 is 15.9 Å². The molecule has 0 unspecified atom stereocenters. The average molecular weight is 355 g/mol.